The topological polar surface area (TPSA) is 35.2 Å². The number of rotatable bonds is 2. The Morgan fingerprint density at radius 1 is 1.11 bits per heavy atom. The maximum absolute atomic E-state index is 13.6. The summed E-state index contributed by atoms with van der Waals surface area (Å²) in [6, 6.07) is 7.99. The molecular formula is C14H13ClFNO. The summed E-state index contributed by atoms with van der Waals surface area (Å²) in [6.07, 6.45) is 0. The minimum Gasteiger partial charge on any atom is -0.454 e. The molecule has 2 nitrogen and oxygen atoms in total. The summed E-state index contributed by atoms with van der Waals surface area (Å²) in [5, 5.41) is 0.392. The van der Waals surface area contributed by atoms with Crippen molar-refractivity contribution >= 4 is 17.3 Å². The lowest BCUT2D eigenvalue weighted by atomic mass is 10.2. The predicted octanol–water partition coefficient (Wildman–Crippen LogP) is 4.47. The molecule has 0 amide bonds. The highest BCUT2D eigenvalue weighted by Gasteiger charge is 2.09. The summed E-state index contributed by atoms with van der Waals surface area (Å²) in [5.74, 6) is 0.269. The molecule has 2 aromatic rings. The van der Waals surface area contributed by atoms with Gasteiger partial charge in [-0.05, 0) is 43.2 Å². The number of anilines is 1. The molecule has 2 aromatic carbocycles. The Hall–Kier alpha value is -1.74. The van der Waals surface area contributed by atoms with Gasteiger partial charge in [-0.3, -0.25) is 0 Å². The zero-order chi connectivity index (χ0) is 13.3. The molecule has 0 saturated carbocycles. The van der Waals surface area contributed by atoms with Gasteiger partial charge in [-0.1, -0.05) is 17.7 Å². The van der Waals surface area contributed by atoms with Gasteiger partial charge in [-0.15, -0.1) is 0 Å². The molecule has 0 aliphatic carbocycles. The number of benzene rings is 2. The van der Waals surface area contributed by atoms with Crippen LogP contribution in [0.3, 0.4) is 0 Å². The number of aryl methyl sites for hydroxylation is 2. The van der Waals surface area contributed by atoms with E-state index >= 15 is 0 Å². The van der Waals surface area contributed by atoms with Crippen LogP contribution < -0.4 is 10.5 Å². The summed E-state index contributed by atoms with van der Waals surface area (Å²) < 4.78 is 19.1. The normalized spacial score (nSPS) is 10.4. The largest absolute Gasteiger partial charge is 0.454 e. The maximum atomic E-state index is 13.6. The first kappa shape index (κ1) is 12.7. The van der Waals surface area contributed by atoms with Gasteiger partial charge in [0, 0.05) is 6.07 Å². The lowest BCUT2D eigenvalue weighted by Gasteiger charge is -2.11. The molecule has 0 saturated heterocycles. The van der Waals surface area contributed by atoms with Crippen LogP contribution >= 0.6 is 11.6 Å². The second kappa shape index (κ2) is 4.86. The highest BCUT2D eigenvalue weighted by Crippen LogP contribution is 2.33. The van der Waals surface area contributed by atoms with Crippen LogP contribution in [0.4, 0.5) is 10.1 Å². The molecule has 0 radical (unpaired) electrons. The van der Waals surface area contributed by atoms with Crippen LogP contribution in [0.2, 0.25) is 5.02 Å². The van der Waals surface area contributed by atoms with Gasteiger partial charge in [0.25, 0.3) is 0 Å². The van der Waals surface area contributed by atoms with E-state index in [0.29, 0.717) is 16.5 Å². The van der Waals surface area contributed by atoms with Crippen molar-refractivity contribution in [2.24, 2.45) is 0 Å². The Morgan fingerprint density at radius 3 is 2.56 bits per heavy atom. The molecule has 0 aromatic heterocycles. The molecule has 0 aliphatic rings. The van der Waals surface area contributed by atoms with Crippen LogP contribution in [0, 0.1) is 19.7 Å². The van der Waals surface area contributed by atoms with E-state index in [1.54, 1.807) is 24.3 Å². The smallest absolute Gasteiger partial charge is 0.165 e. The van der Waals surface area contributed by atoms with E-state index < -0.39 is 5.82 Å². The highest BCUT2D eigenvalue weighted by molar-refractivity contribution is 6.33. The molecule has 0 spiro atoms. The average Bonchev–Trinajstić information content (AvgIpc) is 2.30. The molecule has 0 aliphatic heterocycles. The molecule has 2 rings (SSSR count). The van der Waals surface area contributed by atoms with Gasteiger partial charge < -0.3 is 10.5 Å². The quantitative estimate of drug-likeness (QED) is 0.813. The molecule has 0 unspecified atom stereocenters. The standard InChI is InChI=1S/C14H13ClFNO/c1-8-3-4-11(16)14(5-8)18-13-7-10(15)12(17)6-9(13)2/h3-7H,17H2,1-2H3. The highest BCUT2D eigenvalue weighted by atomic mass is 35.5. The van der Waals surface area contributed by atoms with E-state index in [0.717, 1.165) is 11.1 Å². The van der Waals surface area contributed by atoms with Gasteiger partial charge in [0.2, 0.25) is 0 Å². The minimum atomic E-state index is -0.409. The van der Waals surface area contributed by atoms with E-state index in [2.05, 4.69) is 0 Å². The summed E-state index contributed by atoms with van der Waals surface area (Å²) >= 11 is 5.92. The second-order valence-electron chi connectivity index (χ2n) is 4.18. The van der Waals surface area contributed by atoms with Crippen molar-refractivity contribution in [2.45, 2.75) is 13.8 Å². The average molecular weight is 266 g/mol. The molecular weight excluding hydrogens is 253 g/mol. The second-order valence-corrected chi connectivity index (χ2v) is 4.58. The third kappa shape index (κ3) is 2.57. The fourth-order valence-electron chi connectivity index (χ4n) is 1.60. The van der Waals surface area contributed by atoms with Crippen LogP contribution in [0.1, 0.15) is 11.1 Å². The maximum Gasteiger partial charge on any atom is 0.165 e. The van der Waals surface area contributed by atoms with Crippen molar-refractivity contribution in [3.63, 3.8) is 0 Å². The zero-order valence-corrected chi connectivity index (χ0v) is 10.9. The fraction of sp³-hybridized carbons (Fsp3) is 0.143. The van der Waals surface area contributed by atoms with Crippen molar-refractivity contribution < 1.29 is 9.13 Å². The zero-order valence-electron chi connectivity index (χ0n) is 10.1. The van der Waals surface area contributed by atoms with Crippen LogP contribution in [0.5, 0.6) is 11.5 Å². The van der Waals surface area contributed by atoms with Crippen LogP contribution in [0.25, 0.3) is 0 Å². The third-order valence-corrected chi connectivity index (χ3v) is 2.93. The fourth-order valence-corrected chi connectivity index (χ4v) is 1.76. The summed E-state index contributed by atoms with van der Waals surface area (Å²) in [4.78, 5) is 0. The molecule has 0 bridgehead atoms. The number of ether oxygens (including phenoxy) is 1. The lowest BCUT2D eigenvalue weighted by Crippen LogP contribution is -1.94. The molecule has 18 heavy (non-hydrogen) atoms. The van der Waals surface area contributed by atoms with Crippen LogP contribution in [0.15, 0.2) is 30.3 Å². The first-order valence-electron chi connectivity index (χ1n) is 5.47. The number of nitrogen functional groups attached to an aromatic ring is 1. The Balaban J connectivity index is 2.40. The van der Waals surface area contributed by atoms with Crippen molar-refractivity contribution in [1.29, 1.82) is 0 Å². The molecule has 94 valence electrons. The van der Waals surface area contributed by atoms with Crippen molar-refractivity contribution in [3.8, 4) is 11.5 Å². The lowest BCUT2D eigenvalue weighted by molar-refractivity contribution is 0.439. The van der Waals surface area contributed by atoms with Crippen molar-refractivity contribution in [2.75, 3.05) is 5.73 Å². The Bertz CT molecular complexity index is 599. The van der Waals surface area contributed by atoms with Gasteiger partial charge in [0.05, 0.1) is 10.7 Å². The van der Waals surface area contributed by atoms with Gasteiger partial charge in [0.15, 0.2) is 11.6 Å². The van der Waals surface area contributed by atoms with Crippen molar-refractivity contribution in [1.82, 2.24) is 0 Å². The molecule has 2 N–H and O–H groups in total. The van der Waals surface area contributed by atoms with Gasteiger partial charge in [0.1, 0.15) is 5.75 Å². The Kier molecular flexibility index (Phi) is 3.43. The first-order valence-corrected chi connectivity index (χ1v) is 5.85. The minimum absolute atomic E-state index is 0.180. The number of nitrogens with two attached hydrogens (primary N) is 1. The van der Waals surface area contributed by atoms with Crippen molar-refractivity contribution in [3.05, 3.63) is 52.3 Å². The SMILES string of the molecule is Cc1ccc(F)c(Oc2cc(Cl)c(N)cc2C)c1. The third-order valence-electron chi connectivity index (χ3n) is 2.60. The van der Waals surface area contributed by atoms with E-state index in [4.69, 9.17) is 22.1 Å². The number of hydrogen-bond acceptors (Lipinski definition) is 2. The van der Waals surface area contributed by atoms with Crippen LogP contribution in [-0.2, 0) is 0 Å². The Labute approximate surface area is 110 Å². The molecule has 4 heteroatoms. The van der Waals surface area contributed by atoms with E-state index in [1.165, 1.54) is 6.07 Å². The number of halogens is 2. The van der Waals surface area contributed by atoms with Gasteiger partial charge in [-0.2, -0.15) is 0 Å². The first-order chi connectivity index (χ1) is 8.47. The Morgan fingerprint density at radius 2 is 1.83 bits per heavy atom. The van der Waals surface area contributed by atoms with E-state index in [-0.39, 0.29) is 5.75 Å². The number of hydrogen-bond donors (Lipinski definition) is 1. The summed E-state index contributed by atoms with van der Waals surface area (Å²) in [5.41, 5.74) is 7.88. The van der Waals surface area contributed by atoms with E-state index in [9.17, 15) is 4.39 Å². The summed E-state index contributed by atoms with van der Waals surface area (Å²) in [6.45, 7) is 3.70. The van der Waals surface area contributed by atoms with E-state index in [1.807, 2.05) is 13.8 Å². The predicted molar refractivity (Wildman–Crippen MR) is 71.8 cm³/mol. The van der Waals surface area contributed by atoms with Crippen LogP contribution in [-0.4, -0.2) is 0 Å². The monoisotopic (exact) mass is 265 g/mol. The summed E-state index contributed by atoms with van der Waals surface area (Å²) in [7, 11) is 0. The molecule has 0 fully saturated rings. The molecule has 0 atom stereocenters. The van der Waals surface area contributed by atoms with Gasteiger partial charge in [-0.25, -0.2) is 4.39 Å². The van der Waals surface area contributed by atoms with Gasteiger partial charge >= 0.3 is 0 Å². The molecule has 0 heterocycles.